The van der Waals surface area contributed by atoms with Crippen LogP contribution >= 0.6 is 34.9 Å². The third-order valence-corrected chi connectivity index (χ3v) is 5.53. The van der Waals surface area contributed by atoms with Crippen molar-refractivity contribution < 1.29 is 9.47 Å². The molecule has 3 heterocycles. The Balaban J connectivity index is 1.49. The smallest absolute Gasteiger partial charge is 0.192 e. The van der Waals surface area contributed by atoms with E-state index in [0.717, 1.165) is 22.4 Å². The second-order valence-corrected chi connectivity index (χ2v) is 7.34. The summed E-state index contributed by atoms with van der Waals surface area (Å²) >= 11 is 8.70. The first-order valence-corrected chi connectivity index (χ1v) is 9.23. The molecule has 0 bridgehead atoms. The quantitative estimate of drug-likeness (QED) is 0.642. The highest BCUT2D eigenvalue weighted by Gasteiger charge is 2.27. The molecule has 0 saturated carbocycles. The Morgan fingerprint density at radius 3 is 2.92 bits per heavy atom. The lowest BCUT2D eigenvalue weighted by atomic mass is 10.2. The van der Waals surface area contributed by atoms with Gasteiger partial charge in [-0.3, -0.25) is 0 Å². The monoisotopic (exact) mass is 381 g/mol. The van der Waals surface area contributed by atoms with Gasteiger partial charge in [-0.25, -0.2) is 0 Å². The van der Waals surface area contributed by atoms with Gasteiger partial charge in [0, 0.05) is 24.3 Å². The number of ether oxygens (including phenoxy) is 2. The molecule has 0 amide bonds. The van der Waals surface area contributed by atoms with Crippen LogP contribution in [0.3, 0.4) is 0 Å². The summed E-state index contributed by atoms with van der Waals surface area (Å²) in [5, 5.41) is 13.2. The first kappa shape index (κ1) is 15.7. The third kappa shape index (κ3) is 2.94. The van der Waals surface area contributed by atoms with Crippen LogP contribution in [-0.2, 0) is 12.8 Å². The van der Waals surface area contributed by atoms with E-state index in [1.165, 1.54) is 23.3 Å². The lowest BCUT2D eigenvalue weighted by molar-refractivity contribution is 0.0825. The van der Waals surface area contributed by atoms with Crippen LogP contribution in [0.1, 0.15) is 17.6 Å². The van der Waals surface area contributed by atoms with Crippen molar-refractivity contribution in [2.24, 2.45) is 7.05 Å². The molecule has 24 heavy (non-hydrogen) atoms. The Morgan fingerprint density at radius 2 is 2.12 bits per heavy atom. The number of nitrogens with zero attached hydrogens (tertiary/aromatic N) is 5. The molecule has 0 radical (unpaired) electrons. The van der Waals surface area contributed by atoms with Crippen molar-refractivity contribution in [1.82, 2.24) is 24.4 Å². The Labute approximate surface area is 151 Å². The summed E-state index contributed by atoms with van der Waals surface area (Å²) in [6.45, 7) is 0.398. The second-order valence-electron chi connectivity index (χ2n) is 5.05. The van der Waals surface area contributed by atoms with E-state index in [1.54, 1.807) is 0 Å². The van der Waals surface area contributed by atoms with E-state index in [1.807, 2.05) is 35.9 Å². The van der Waals surface area contributed by atoms with Crippen LogP contribution in [0.4, 0.5) is 0 Å². The third-order valence-electron chi connectivity index (χ3n) is 3.51. The molecule has 1 aliphatic heterocycles. The van der Waals surface area contributed by atoms with E-state index >= 15 is 0 Å². The van der Waals surface area contributed by atoms with Crippen molar-refractivity contribution in [1.29, 1.82) is 0 Å². The van der Waals surface area contributed by atoms with Gasteiger partial charge in [0.15, 0.2) is 28.6 Å². The zero-order valence-electron chi connectivity index (χ0n) is 12.5. The number of fused-ring (bicyclic) bond motifs is 1. The molecule has 0 N–H and O–H groups in total. The lowest BCUT2D eigenvalue weighted by Crippen LogP contribution is -2.24. The molecule has 0 fully saturated rings. The summed E-state index contributed by atoms with van der Waals surface area (Å²) in [7, 11) is 1.91. The van der Waals surface area contributed by atoms with Crippen LogP contribution in [0.15, 0.2) is 29.4 Å². The summed E-state index contributed by atoms with van der Waals surface area (Å²) in [6, 6.07) is 7.59. The molecule has 10 heteroatoms. The zero-order valence-corrected chi connectivity index (χ0v) is 14.9. The maximum absolute atomic E-state index is 6.02. The van der Waals surface area contributed by atoms with Crippen molar-refractivity contribution in [3.63, 3.8) is 0 Å². The topological polar surface area (TPSA) is 75.0 Å². The molecule has 1 atom stereocenters. The summed E-state index contributed by atoms with van der Waals surface area (Å²) < 4.78 is 18.1. The Hall–Kier alpha value is -1.84. The van der Waals surface area contributed by atoms with Gasteiger partial charge in [0.05, 0.1) is 0 Å². The molecular weight excluding hydrogens is 370 g/mol. The van der Waals surface area contributed by atoms with Gasteiger partial charge in [-0.2, -0.15) is 0 Å². The van der Waals surface area contributed by atoms with E-state index in [9.17, 15) is 0 Å². The zero-order chi connectivity index (χ0) is 16.5. The fraction of sp³-hybridized carbons (Fsp3) is 0.286. The lowest BCUT2D eigenvalue weighted by Gasteiger charge is -2.25. The summed E-state index contributed by atoms with van der Waals surface area (Å²) in [4.78, 5) is 0. The Morgan fingerprint density at radius 1 is 1.29 bits per heavy atom. The van der Waals surface area contributed by atoms with Crippen LogP contribution < -0.4 is 9.47 Å². The van der Waals surface area contributed by atoms with Gasteiger partial charge in [-0.05, 0) is 12.1 Å². The molecular formula is C14H12ClN5O2S2. The predicted octanol–water partition coefficient (Wildman–Crippen LogP) is 3.12. The first-order chi connectivity index (χ1) is 11.7. The van der Waals surface area contributed by atoms with Crippen LogP contribution in [0.5, 0.6) is 11.5 Å². The van der Waals surface area contributed by atoms with Crippen molar-refractivity contribution in [3.8, 4) is 11.5 Å². The van der Waals surface area contributed by atoms with Gasteiger partial charge in [-0.1, -0.05) is 40.0 Å². The fourth-order valence-corrected chi connectivity index (χ4v) is 3.95. The molecule has 1 aliphatic rings. The second kappa shape index (κ2) is 6.58. The summed E-state index contributed by atoms with van der Waals surface area (Å²) in [6.07, 6.45) is -0.295. The number of para-hydroxylation sites is 2. The Bertz CT molecular complexity index is 868. The summed E-state index contributed by atoms with van der Waals surface area (Å²) in [5.41, 5.74) is 0.752. The molecule has 0 spiro atoms. The first-order valence-electron chi connectivity index (χ1n) is 7.09. The molecule has 7 nitrogen and oxygen atoms in total. The van der Waals surface area contributed by atoms with Crippen molar-refractivity contribution in [2.75, 3.05) is 6.61 Å². The number of rotatable bonds is 4. The van der Waals surface area contributed by atoms with Gasteiger partial charge in [-0.15, -0.1) is 15.3 Å². The van der Waals surface area contributed by atoms with E-state index in [2.05, 4.69) is 19.8 Å². The van der Waals surface area contributed by atoms with Crippen molar-refractivity contribution in [3.05, 3.63) is 40.1 Å². The van der Waals surface area contributed by atoms with Crippen LogP contribution in [-0.4, -0.2) is 31.0 Å². The maximum atomic E-state index is 6.02. The minimum Gasteiger partial charge on any atom is -0.485 e. The predicted molar refractivity (Wildman–Crippen MR) is 90.8 cm³/mol. The molecule has 2 aromatic heterocycles. The van der Waals surface area contributed by atoms with E-state index in [0.29, 0.717) is 22.4 Å². The van der Waals surface area contributed by atoms with Gasteiger partial charge >= 0.3 is 0 Å². The maximum Gasteiger partial charge on any atom is 0.192 e. The number of halogens is 1. The van der Waals surface area contributed by atoms with E-state index in [-0.39, 0.29) is 6.10 Å². The normalized spacial score (nSPS) is 16.3. The van der Waals surface area contributed by atoms with Gasteiger partial charge in [0.1, 0.15) is 16.6 Å². The average Bonchev–Trinajstić information content (AvgIpc) is 3.18. The number of aromatic nitrogens is 5. The van der Waals surface area contributed by atoms with Gasteiger partial charge in [0.2, 0.25) is 0 Å². The number of thioether (sulfide) groups is 1. The summed E-state index contributed by atoms with van der Waals surface area (Å²) in [5.74, 6) is 2.77. The SMILES string of the molecule is Cn1c(SCc2nnsc2Cl)nnc1[C@H]1COc2ccccc2O1. The van der Waals surface area contributed by atoms with Crippen molar-refractivity contribution >= 4 is 34.9 Å². The molecule has 3 aromatic rings. The van der Waals surface area contributed by atoms with Crippen molar-refractivity contribution in [2.45, 2.75) is 17.0 Å². The van der Waals surface area contributed by atoms with E-state index in [4.69, 9.17) is 21.1 Å². The minimum absolute atomic E-state index is 0.295. The molecule has 0 unspecified atom stereocenters. The highest BCUT2D eigenvalue weighted by molar-refractivity contribution is 7.98. The molecule has 1 aromatic carbocycles. The molecule has 0 aliphatic carbocycles. The minimum atomic E-state index is -0.295. The molecule has 4 rings (SSSR count). The molecule has 0 saturated heterocycles. The fourth-order valence-electron chi connectivity index (χ4n) is 2.30. The highest BCUT2D eigenvalue weighted by Crippen LogP contribution is 2.36. The molecule has 124 valence electrons. The number of hydrogen-bond donors (Lipinski definition) is 0. The van der Waals surface area contributed by atoms with Gasteiger partial charge in [0.25, 0.3) is 0 Å². The Kier molecular flexibility index (Phi) is 4.30. The number of benzene rings is 1. The highest BCUT2D eigenvalue weighted by atomic mass is 35.5. The number of hydrogen-bond acceptors (Lipinski definition) is 8. The average molecular weight is 382 g/mol. The largest absolute Gasteiger partial charge is 0.485 e. The van der Waals surface area contributed by atoms with E-state index < -0.39 is 0 Å². The van der Waals surface area contributed by atoms with Crippen LogP contribution in [0, 0.1) is 0 Å². The van der Waals surface area contributed by atoms with Gasteiger partial charge < -0.3 is 14.0 Å². The standard InChI is InChI=1S/C14H12ClN5O2S2/c1-20-13(11-6-21-9-4-2-3-5-10(9)22-11)17-18-14(20)23-7-8-12(15)24-19-16-8/h2-5,11H,6-7H2,1H3/t11-/m1/s1. The van der Waals surface area contributed by atoms with Crippen LogP contribution in [0.2, 0.25) is 4.34 Å². The van der Waals surface area contributed by atoms with Crippen LogP contribution in [0.25, 0.3) is 0 Å².